The quantitative estimate of drug-likeness (QED) is 0.839. The molecule has 1 heterocycles. The zero-order chi connectivity index (χ0) is 10.8. The lowest BCUT2D eigenvalue weighted by atomic mass is 10.2. The number of nitrogens with one attached hydrogen (secondary N) is 1. The van der Waals surface area contributed by atoms with Crippen molar-refractivity contribution in [2.45, 2.75) is 19.1 Å². The van der Waals surface area contributed by atoms with Crippen LogP contribution in [0.4, 0.5) is 0 Å². The van der Waals surface area contributed by atoms with Crippen LogP contribution in [0.3, 0.4) is 0 Å². The summed E-state index contributed by atoms with van der Waals surface area (Å²) in [5, 5.41) is 1.57. The Morgan fingerprint density at radius 2 is 2.13 bits per heavy atom. The predicted molar refractivity (Wildman–Crippen MR) is 65.4 cm³/mol. The van der Waals surface area contributed by atoms with Gasteiger partial charge in [0.1, 0.15) is 0 Å². The minimum absolute atomic E-state index is 0.146. The number of thioether (sulfide) groups is 1. The minimum Gasteiger partial charge on any atom is -0.361 e. The second-order valence-corrected chi connectivity index (χ2v) is 5.28. The number of H-pyrrole nitrogens is 1. The zero-order valence-corrected chi connectivity index (χ0v) is 9.60. The average molecular weight is 219 g/mol. The maximum absolute atomic E-state index is 11.8. The Morgan fingerprint density at radius 1 is 1.33 bits per heavy atom. The van der Waals surface area contributed by atoms with E-state index < -0.39 is 0 Å². The highest BCUT2D eigenvalue weighted by atomic mass is 32.2. The molecule has 3 heteroatoms. The number of rotatable bonds is 2. The van der Waals surface area contributed by atoms with Crippen LogP contribution in [-0.2, 0) is 0 Å². The van der Waals surface area contributed by atoms with Gasteiger partial charge in [-0.1, -0.05) is 25.6 Å². The Labute approximate surface area is 93.1 Å². The Morgan fingerprint density at radius 3 is 2.87 bits per heavy atom. The van der Waals surface area contributed by atoms with Crippen molar-refractivity contribution in [2.75, 3.05) is 0 Å². The van der Waals surface area contributed by atoms with Gasteiger partial charge in [-0.15, -0.1) is 0 Å². The third-order valence-electron chi connectivity index (χ3n) is 2.13. The van der Waals surface area contributed by atoms with Crippen LogP contribution in [0, 0.1) is 0 Å². The lowest BCUT2D eigenvalue weighted by Gasteiger charge is -2.03. The lowest BCUT2D eigenvalue weighted by Crippen LogP contribution is -1.98. The van der Waals surface area contributed by atoms with Gasteiger partial charge in [0.2, 0.25) is 5.12 Å². The summed E-state index contributed by atoms with van der Waals surface area (Å²) < 4.78 is 0. The van der Waals surface area contributed by atoms with Crippen molar-refractivity contribution in [3.8, 4) is 0 Å². The van der Waals surface area contributed by atoms with Crippen LogP contribution in [-0.4, -0.2) is 15.3 Å². The predicted octanol–water partition coefficient (Wildman–Crippen LogP) is 3.45. The molecule has 0 saturated carbocycles. The molecule has 0 fully saturated rings. The third-order valence-corrected chi connectivity index (χ3v) is 3.05. The van der Waals surface area contributed by atoms with Crippen LogP contribution >= 0.6 is 11.8 Å². The summed E-state index contributed by atoms with van der Waals surface area (Å²) in [7, 11) is 0. The Balaban J connectivity index is 2.31. The summed E-state index contributed by atoms with van der Waals surface area (Å²) in [4.78, 5) is 14.9. The highest BCUT2D eigenvalue weighted by Crippen LogP contribution is 2.20. The highest BCUT2D eigenvalue weighted by Gasteiger charge is 2.09. The van der Waals surface area contributed by atoms with Crippen LogP contribution in [0.15, 0.2) is 30.5 Å². The smallest absolute Gasteiger partial charge is 0.219 e. The molecule has 1 N–H and O–H groups in total. The van der Waals surface area contributed by atoms with E-state index in [9.17, 15) is 4.79 Å². The molecular formula is C12H13NOS. The summed E-state index contributed by atoms with van der Waals surface area (Å²) in [6.45, 7) is 4.05. The van der Waals surface area contributed by atoms with E-state index in [1.807, 2.05) is 44.3 Å². The molecular weight excluding hydrogens is 206 g/mol. The van der Waals surface area contributed by atoms with Gasteiger partial charge in [0.15, 0.2) is 0 Å². The first kappa shape index (κ1) is 10.3. The van der Waals surface area contributed by atoms with Crippen LogP contribution in [0.1, 0.15) is 24.2 Å². The normalized spacial score (nSPS) is 11.1. The van der Waals surface area contributed by atoms with Gasteiger partial charge in [-0.05, 0) is 24.3 Å². The Bertz CT molecular complexity index is 487. The van der Waals surface area contributed by atoms with Gasteiger partial charge >= 0.3 is 0 Å². The number of aromatic amines is 1. The molecule has 1 aromatic heterocycles. The molecule has 0 aliphatic carbocycles. The second kappa shape index (κ2) is 4.11. The molecule has 0 unspecified atom stereocenters. The average Bonchev–Trinajstić information content (AvgIpc) is 2.62. The molecule has 78 valence electrons. The van der Waals surface area contributed by atoms with E-state index in [2.05, 4.69) is 4.98 Å². The van der Waals surface area contributed by atoms with Crippen molar-refractivity contribution in [1.29, 1.82) is 0 Å². The van der Waals surface area contributed by atoms with E-state index >= 15 is 0 Å². The van der Waals surface area contributed by atoms with E-state index in [0.29, 0.717) is 5.25 Å². The van der Waals surface area contributed by atoms with Crippen molar-refractivity contribution >= 4 is 27.8 Å². The largest absolute Gasteiger partial charge is 0.361 e. The van der Waals surface area contributed by atoms with Gasteiger partial charge in [-0.25, -0.2) is 0 Å². The van der Waals surface area contributed by atoms with Crippen LogP contribution < -0.4 is 0 Å². The Kier molecular flexibility index (Phi) is 2.82. The molecule has 0 aliphatic rings. The van der Waals surface area contributed by atoms with Crippen molar-refractivity contribution < 1.29 is 4.79 Å². The first-order valence-electron chi connectivity index (χ1n) is 4.95. The number of fused-ring (bicyclic) bond motifs is 1. The molecule has 2 rings (SSSR count). The maximum atomic E-state index is 11.8. The summed E-state index contributed by atoms with van der Waals surface area (Å²) in [6, 6.07) is 7.73. The number of carbonyl (C=O) groups excluding carboxylic acids is 1. The van der Waals surface area contributed by atoms with Crippen LogP contribution in [0.2, 0.25) is 0 Å². The fraction of sp³-hybridized carbons (Fsp3) is 0.250. The number of benzene rings is 1. The fourth-order valence-corrected chi connectivity index (χ4v) is 2.15. The molecule has 0 bridgehead atoms. The molecule has 0 aliphatic heterocycles. The van der Waals surface area contributed by atoms with Gasteiger partial charge in [-0.2, -0.15) is 0 Å². The Hall–Kier alpha value is -1.22. The molecule has 0 saturated heterocycles. The molecule has 1 aromatic carbocycles. The number of carbonyl (C=O) groups is 1. The van der Waals surface area contributed by atoms with Crippen molar-refractivity contribution in [2.24, 2.45) is 0 Å². The van der Waals surface area contributed by atoms with Gasteiger partial charge in [0.05, 0.1) is 0 Å². The molecule has 15 heavy (non-hydrogen) atoms. The van der Waals surface area contributed by atoms with E-state index in [0.717, 1.165) is 16.5 Å². The van der Waals surface area contributed by atoms with E-state index in [-0.39, 0.29) is 5.12 Å². The van der Waals surface area contributed by atoms with Gasteiger partial charge < -0.3 is 4.98 Å². The van der Waals surface area contributed by atoms with Gasteiger partial charge in [0.25, 0.3) is 0 Å². The van der Waals surface area contributed by atoms with Crippen molar-refractivity contribution in [3.05, 3.63) is 36.0 Å². The van der Waals surface area contributed by atoms with E-state index in [4.69, 9.17) is 0 Å². The molecule has 2 nitrogen and oxygen atoms in total. The second-order valence-electron chi connectivity index (χ2n) is 3.73. The lowest BCUT2D eigenvalue weighted by molar-refractivity contribution is 0.108. The molecule has 0 atom stereocenters. The molecule has 0 radical (unpaired) electrons. The third kappa shape index (κ3) is 2.23. The summed E-state index contributed by atoms with van der Waals surface area (Å²) in [6.07, 6.45) is 1.88. The number of hydrogen-bond acceptors (Lipinski definition) is 2. The van der Waals surface area contributed by atoms with Gasteiger partial charge in [0, 0.05) is 27.9 Å². The minimum atomic E-state index is 0.146. The van der Waals surface area contributed by atoms with E-state index in [1.165, 1.54) is 11.8 Å². The summed E-state index contributed by atoms with van der Waals surface area (Å²) in [5.41, 5.74) is 1.85. The summed E-state index contributed by atoms with van der Waals surface area (Å²) in [5.74, 6) is 0. The van der Waals surface area contributed by atoms with Crippen molar-refractivity contribution in [3.63, 3.8) is 0 Å². The summed E-state index contributed by atoms with van der Waals surface area (Å²) >= 11 is 1.37. The monoisotopic (exact) mass is 219 g/mol. The van der Waals surface area contributed by atoms with Gasteiger partial charge in [-0.3, -0.25) is 4.79 Å². The van der Waals surface area contributed by atoms with Crippen LogP contribution in [0.5, 0.6) is 0 Å². The fourth-order valence-electron chi connectivity index (χ4n) is 1.46. The molecule has 0 spiro atoms. The first-order valence-corrected chi connectivity index (χ1v) is 5.83. The standard InChI is InChI=1S/C12H13NOS/c1-8(2)15-12(14)10-3-4-11-9(7-10)5-6-13-11/h3-8,13H,1-2H3. The van der Waals surface area contributed by atoms with E-state index in [1.54, 1.807) is 0 Å². The SMILES string of the molecule is CC(C)SC(=O)c1ccc2[nH]ccc2c1. The number of aromatic nitrogens is 1. The molecule has 0 amide bonds. The number of hydrogen-bond donors (Lipinski definition) is 1. The highest BCUT2D eigenvalue weighted by molar-refractivity contribution is 8.14. The topological polar surface area (TPSA) is 32.9 Å². The first-order chi connectivity index (χ1) is 7.16. The van der Waals surface area contributed by atoms with Crippen LogP contribution in [0.25, 0.3) is 10.9 Å². The van der Waals surface area contributed by atoms with Crippen molar-refractivity contribution in [1.82, 2.24) is 4.98 Å². The molecule has 2 aromatic rings. The maximum Gasteiger partial charge on any atom is 0.219 e. The zero-order valence-electron chi connectivity index (χ0n) is 8.78.